The molecule has 3 heteroatoms. The fraction of sp³-hybridized carbons (Fsp3) is 0.375. The van der Waals surface area contributed by atoms with Crippen LogP contribution in [0.1, 0.15) is 23.6 Å². The molecule has 1 saturated carbocycles. The van der Waals surface area contributed by atoms with Crippen molar-refractivity contribution in [1.82, 2.24) is 0 Å². The molecule has 0 radical (unpaired) electrons. The first-order chi connectivity index (χ1) is 5.25. The Bertz CT molecular complexity index is 284. The zero-order chi connectivity index (χ0) is 7.84. The van der Waals surface area contributed by atoms with Crippen LogP contribution in [-0.2, 0) is 4.79 Å². The largest absolute Gasteiger partial charge is 0.300 e. The van der Waals surface area contributed by atoms with Gasteiger partial charge >= 0.3 is 0 Å². The van der Waals surface area contributed by atoms with Gasteiger partial charge in [-0.3, -0.25) is 4.79 Å². The Morgan fingerprint density at radius 2 is 2.18 bits per heavy atom. The Morgan fingerprint density at radius 1 is 1.45 bits per heavy atom. The predicted molar refractivity (Wildman–Crippen MR) is 49.0 cm³/mol. The van der Waals surface area contributed by atoms with Crippen LogP contribution in [0, 0.1) is 0 Å². The van der Waals surface area contributed by atoms with Crippen LogP contribution in [0.5, 0.6) is 0 Å². The summed E-state index contributed by atoms with van der Waals surface area (Å²) in [5, 5.41) is 0. The van der Waals surface area contributed by atoms with E-state index in [-0.39, 0.29) is 0 Å². The Morgan fingerprint density at radius 3 is 2.64 bits per heavy atom. The molecule has 0 N–H and O–H groups in total. The molecular formula is C8H7BrOS. The van der Waals surface area contributed by atoms with Crippen LogP contribution in [0.25, 0.3) is 0 Å². The van der Waals surface area contributed by atoms with Gasteiger partial charge in [0.05, 0.1) is 3.79 Å². The second-order valence-corrected chi connectivity index (χ2v) is 5.28. The summed E-state index contributed by atoms with van der Waals surface area (Å²) < 4.78 is 1.16. The van der Waals surface area contributed by atoms with E-state index in [0.717, 1.165) is 16.6 Å². The average Bonchev–Trinajstić information content (AvgIpc) is 2.29. The van der Waals surface area contributed by atoms with Gasteiger partial charge in [0, 0.05) is 23.6 Å². The van der Waals surface area contributed by atoms with Gasteiger partial charge in [0.25, 0.3) is 0 Å². The quantitative estimate of drug-likeness (QED) is 0.726. The van der Waals surface area contributed by atoms with Gasteiger partial charge in [-0.15, -0.1) is 11.3 Å². The van der Waals surface area contributed by atoms with E-state index in [1.165, 1.54) is 4.88 Å². The average molecular weight is 231 g/mol. The second kappa shape index (κ2) is 2.72. The predicted octanol–water partition coefficient (Wildman–Crippen LogP) is 2.96. The lowest BCUT2D eigenvalue weighted by atomic mass is 9.83. The van der Waals surface area contributed by atoms with Gasteiger partial charge in [0.2, 0.25) is 0 Å². The number of carbonyl (C=O) groups is 1. The van der Waals surface area contributed by atoms with E-state index in [2.05, 4.69) is 22.0 Å². The molecule has 0 saturated heterocycles. The van der Waals surface area contributed by atoms with E-state index in [9.17, 15) is 4.79 Å². The summed E-state index contributed by atoms with van der Waals surface area (Å²) in [4.78, 5) is 12.0. The van der Waals surface area contributed by atoms with Crippen LogP contribution < -0.4 is 0 Å². The van der Waals surface area contributed by atoms with Crippen molar-refractivity contribution in [3.8, 4) is 0 Å². The summed E-state index contributed by atoms with van der Waals surface area (Å²) in [5.41, 5.74) is 0. The molecular weight excluding hydrogens is 224 g/mol. The highest BCUT2D eigenvalue weighted by molar-refractivity contribution is 9.11. The molecule has 0 atom stereocenters. The van der Waals surface area contributed by atoms with Gasteiger partial charge in [-0.05, 0) is 28.1 Å². The van der Waals surface area contributed by atoms with Crippen molar-refractivity contribution in [3.63, 3.8) is 0 Å². The summed E-state index contributed by atoms with van der Waals surface area (Å²) >= 11 is 5.14. The van der Waals surface area contributed by atoms with Crippen LogP contribution in [-0.4, -0.2) is 5.78 Å². The number of hydrogen-bond donors (Lipinski definition) is 0. The van der Waals surface area contributed by atoms with Crippen LogP contribution in [0.4, 0.5) is 0 Å². The van der Waals surface area contributed by atoms with Gasteiger partial charge < -0.3 is 0 Å². The van der Waals surface area contributed by atoms with Crippen molar-refractivity contribution in [2.75, 3.05) is 0 Å². The summed E-state index contributed by atoms with van der Waals surface area (Å²) in [5.74, 6) is 0.929. The molecule has 1 aromatic heterocycles. The first-order valence-electron chi connectivity index (χ1n) is 3.52. The third kappa shape index (κ3) is 1.40. The van der Waals surface area contributed by atoms with E-state index < -0.39 is 0 Å². The minimum atomic E-state index is 0.402. The van der Waals surface area contributed by atoms with Crippen LogP contribution in [0.2, 0.25) is 0 Å². The van der Waals surface area contributed by atoms with Crippen molar-refractivity contribution >= 4 is 33.0 Å². The molecule has 1 nitrogen and oxygen atoms in total. The number of carbonyl (C=O) groups excluding carboxylic acids is 1. The van der Waals surface area contributed by atoms with Crippen LogP contribution >= 0.6 is 27.3 Å². The number of Topliss-reactive ketones (excluding diaryl/α,β-unsaturated/α-hetero) is 1. The van der Waals surface area contributed by atoms with E-state index in [1.807, 2.05) is 6.07 Å². The van der Waals surface area contributed by atoms with Gasteiger partial charge in [0.15, 0.2) is 0 Å². The Labute approximate surface area is 77.6 Å². The lowest BCUT2D eigenvalue weighted by Gasteiger charge is -2.22. The van der Waals surface area contributed by atoms with Crippen molar-refractivity contribution in [3.05, 3.63) is 20.8 Å². The van der Waals surface area contributed by atoms with Crippen molar-refractivity contribution in [2.45, 2.75) is 18.8 Å². The third-order valence-electron chi connectivity index (χ3n) is 1.94. The normalized spacial score (nSPS) is 18.5. The van der Waals surface area contributed by atoms with Gasteiger partial charge in [-0.25, -0.2) is 0 Å². The monoisotopic (exact) mass is 230 g/mol. The molecule has 1 heterocycles. The smallest absolute Gasteiger partial charge is 0.134 e. The number of thiophene rings is 1. The molecule has 0 aromatic carbocycles. The van der Waals surface area contributed by atoms with E-state index >= 15 is 0 Å². The standard InChI is InChI=1S/C8H7BrOS/c9-8-2-1-7(11-8)5-3-6(10)4-5/h1-2,5H,3-4H2. The first-order valence-corrected chi connectivity index (χ1v) is 5.13. The Balaban J connectivity index is 2.12. The van der Waals surface area contributed by atoms with Crippen molar-refractivity contribution < 1.29 is 4.79 Å². The Kier molecular flexibility index (Phi) is 1.85. The Hall–Kier alpha value is -0.150. The van der Waals surface area contributed by atoms with Crippen LogP contribution in [0.15, 0.2) is 15.9 Å². The second-order valence-electron chi connectivity index (χ2n) is 2.79. The molecule has 1 fully saturated rings. The minimum absolute atomic E-state index is 0.402. The highest BCUT2D eigenvalue weighted by Gasteiger charge is 2.28. The summed E-state index contributed by atoms with van der Waals surface area (Å²) in [7, 11) is 0. The van der Waals surface area contributed by atoms with Gasteiger partial charge in [0.1, 0.15) is 5.78 Å². The maximum Gasteiger partial charge on any atom is 0.134 e. The fourth-order valence-electron chi connectivity index (χ4n) is 1.24. The van der Waals surface area contributed by atoms with E-state index in [4.69, 9.17) is 0 Å². The molecule has 1 aliphatic rings. The third-order valence-corrected chi connectivity index (χ3v) is 3.73. The molecule has 11 heavy (non-hydrogen) atoms. The van der Waals surface area contributed by atoms with Gasteiger partial charge in [-0.1, -0.05) is 0 Å². The molecule has 0 spiro atoms. The highest BCUT2D eigenvalue weighted by Crippen LogP contribution is 2.38. The molecule has 0 unspecified atom stereocenters. The number of hydrogen-bond acceptors (Lipinski definition) is 2. The zero-order valence-corrected chi connectivity index (χ0v) is 8.24. The molecule has 0 bridgehead atoms. The number of ketones is 1. The molecule has 0 aliphatic heterocycles. The summed E-state index contributed by atoms with van der Waals surface area (Å²) in [6, 6.07) is 4.15. The first kappa shape index (κ1) is 7.50. The zero-order valence-electron chi connectivity index (χ0n) is 5.84. The lowest BCUT2D eigenvalue weighted by Crippen LogP contribution is -2.19. The van der Waals surface area contributed by atoms with E-state index in [1.54, 1.807) is 11.3 Å². The summed E-state index contributed by atoms with van der Waals surface area (Å²) in [6.07, 6.45) is 1.51. The van der Waals surface area contributed by atoms with Crippen molar-refractivity contribution in [2.24, 2.45) is 0 Å². The van der Waals surface area contributed by atoms with Gasteiger partial charge in [-0.2, -0.15) is 0 Å². The molecule has 1 aromatic rings. The molecule has 1 aliphatic carbocycles. The lowest BCUT2D eigenvalue weighted by molar-refractivity contribution is -0.124. The molecule has 58 valence electrons. The topological polar surface area (TPSA) is 17.1 Å². The maximum absolute atomic E-state index is 10.7. The molecule has 2 rings (SSSR count). The molecule has 0 amide bonds. The fourth-order valence-corrected chi connectivity index (χ4v) is 2.76. The number of rotatable bonds is 1. The maximum atomic E-state index is 10.7. The number of halogens is 1. The SMILES string of the molecule is O=C1CC(c2ccc(Br)s2)C1. The summed E-state index contributed by atoms with van der Waals surface area (Å²) in [6.45, 7) is 0. The highest BCUT2D eigenvalue weighted by atomic mass is 79.9. The van der Waals surface area contributed by atoms with E-state index in [0.29, 0.717) is 11.7 Å². The minimum Gasteiger partial charge on any atom is -0.300 e. The van der Waals surface area contributed by atoms with Crippen molar-refractivity contribution in [1.29, 1.82) is 0 Å². The van der Waals surface area contributed by atoms with Crippen LogP contribution in [0.3, 0.4) is 0 Å².